The Balaban J connectivity index is 2.20. The summed E-state index contributed by atoms with van der Waals surface area (Å²) in [6, 6.07) is 8.97. The molecule has 0 aliphatic carbocycles. The minimum Gasteiger partial charge on any atom is -0.481 e. The van der Waals surface area contributed by atoms with E-state index in [-0.39, 0.29) is 0 Å². The highest BCUT2D eigenvalue weighted by atomic mass is 35.5. The largest absolute Gasteiger partial charge is 0.481 e. The lowest BCUT2D eigenvalue weighted by Gasteiger charge is -2.09. The van der Waals surface area contributed by atoms with Crippen LogP contribution in [0.1, 0.15) is 5.56 Å². The van der Waals surface area contributed by atoms with Gasteiger partial charge in [0.2, 0.25) is 5.88 Å². The summed E-state index contributed by atoms with van der Waals surface area (Å²) in [7, 11) is 1.57. The number of halogens is 1. The smallest absolute Gasteiger partial charge is 0.213 e. The standard InChI is InChI=1S/C13H12ClN3OS/c1-18-12-5-3-9(7-16-12)17-11-4-2-8(13(15)19)6-10(11)14/h2-7,17H,1H3,(H2,15,19). The minimum absolute atomic E-state index is 0.319. The Bertz CT molecular complexity index is 601. The number of anilines is 2. The molecule has 6 heteroatoms. The van der Waals surface area contributed by atoms with Crippen molar-refractivity contribution in [3.05, 3.63) is 47.1 Å². The molecule has 0 aliphatic rings. The van der Waals surface area contributed by atoms with Gasteiger partial charge in [-0.2, -0.15) is 0 Å². The van der Waals surface area contributed by atoms with Crippen LogP contribution < -0.4 is 15.8 Å². The van der Waals surface area contributed by atoms with Crippen LogP contribution in [0.15, 0.2) is 36.5 Å². The van der Waals surface area contributed by atoms with Crippen LogP contribution in [0.2, 0.25) is 5.02 Å². The zero-order chi connectivity index (χ0) is 13.8. The SMILES string of the molecule is COc1ccc(Nc2ccc(C(N)=S)cc2Cl)cn1. The minimum atomic E-state index is 0.319. The van der Waals surface area contributed by atoms with Crippen molar-refractivity contribution < 1.29 is 4.74 Å². The van der Waals surface area contributed by atoms with E-state index in [1.807, 2.05) is 18.2 Å². The summed E-state index contributed by atoms with van der Waals surface area (Å²) in [5.41, 5.74) is 7.85. The predicted molar refractivity (Wildman–Crippen MR) is 81.4 cm³/mol. The third kappa shape index (κ3) is 3.33. The maximum absolute atomic E-state index is 6.16. The van der Waals surface area contributed by atoms with Crippen LogP contribution in [0.4, 0.5) is 11.4 Å². The quantitative estimate of drug-likeness (QED) is 0.848. The fraction of sp³-hybridized carbons (Fsp3) is 0.0769. The molecular formula is C13H12ClN3OS. The summed E-state index contributed by atoms with van der Waals surface area (Å²) in [5.74, 6) is 0.556. The first kappa shape index (κ1) is 13.6. The molecule has 98 valence electrons. The number of hydrogen-bond donors (Lipinski definition) is 2. The molecule has 0 radical (unpaired) electrons. The molecule has 3 N–H and O–H groups in total. The lowest BCUT2D eigenvalue weighted by Crippen LogP contribution is -2.09. The van der Waals surface area contributed by atoms with Crippen molar-refractivity contribution in [1.29, 1.82) is 0 Å². The molecule has 1 aromatic carbocycles. The summed E-state index contributed by atoms with van der Waals surface area (Å²) < 4.78 is 4.99. The van der Waals surface area contributed by atoms with Crippen molar-refractivity contribution in [3.8, 4) is 5.88 Å². The predicted octanol–water partition coefficient (Wildman–Crippen LogP) is 3.12. The number of methoxy groups -OCH3 is 1. The summed E-state index contributed by atoms with van der Waals surface area (Å²) in [5, 5.41) is 3.70. The third-order valence-electron chi connectivity index (χ3n) is 2.48. The van der Waals surface area contributed by atoms with Gasteiger partial charge in [-0.15, -0.1) is 0 Å². The molecule has 0 spiro atoms. The van der Waals surface area contributed by atoms with Gasteiger partial charge < -0.3 is 15.8 Å². The van der Waals surface area contributed by atoms with Gasteiger partial charge in [0.15, 0.2) is 0 Å². The van der Waals surface area contributed by atoms with Crippen molar-refractivity contribution in [2.24, 2.45) is 5.73 Å². The molecule has 2 rings (SSSR count). The first-order valence-corrected chi connectivity index (χ1v) is 6.25. The van der Waals surface area contributed by atoms with Gasteiger partial charge in [-0.3, -0.25) is 0 Å². The number of thiocarbonyl (C=S) groups is 1. The number of nitrogens with zero attached hydrogens (tertiary/aromatic N) is 1. The maximum Gasteiger partial charge on any atom is 0.213 e. The van der Waals surface area contributed by atoms with Crippen LogP contribution in [0.3, 0.4) is 0 Å². The number of pyridine rings is 1. The second-order valence-electron chi connectivity index (χ2n) is 3.77. The molecule has 0 fully saturated rings. The molecule has 0 unspecified atom stereocenters. The van der Waals surface area contributed by atoms with Crippen LogP contribution in [0.25, 0.3) is 0 Å². The van der Waals surface area contributed by atoms with Gasteiger partial charge in [0.05, 0.1) is 29.7 Å². The van der Waals surface area contributed by atoms with Crippen molar-refractivity contribution in [2.45, 2.75) is 0 Å². The molecular weight excluding hydrogens is 282 g/mol. The summed E-state index contributed by atoms with van der Waals surface area (Å²) in [4.78, 5) is 4.42. The lowest BCUT2D eigenvalue weighted by molar-refractivity contribution is 0.398. The van der Waals surface area contributed by atoms with E-state index in [0.29, 0.717) is 15.9 Å². The van der Waals surface area contributed by atoms with E-state index in [0.717, 1.165) is 16.9 Å². The molecule has 0 saturated heterocycles. The first-order chi connectivity index (χ1) is 9.10. The second-order valence-corrected chi connectivity index (χ2v) is 4.62. The van der Waals surface area contributed by atoms with Crippen LogP contribution in [0.5, 0.6) is 5.88 Å². The van der Waals surface area contributed by atoms with Gasteiger partial charge in [0.1, 0.15) is 4.99 Å². The highest BCUT2D eigenvalue weighted by molar-refractivity contribution is 7.80. The molecule has 0 saturated carbocycles. The molecule has 1 aromatic heterocycles. The number of nitrogens with two attached hydrogens (primary N) is 1. The Hall–Kier alpha value is -1.85. The van der Waals surface area contributed by atoms with Crippen LogP contribution >= 0.6 is 23.8 Å². The normalized spacial score (nSPS) is 10.0. The Morgan fingerprint density at radius 2 is 2.16 bits per heavy atom. The van der Waals surface area contributed by atoms with Gasteiger partial charge in [-0.25, -0.2) is 4.98 Å². The van der Waals surface area contributed by atoms with Gasteiger partial charge in [-0.1, -0.05) is 23.8 Å². The van der Waals surface area contributed by atoms with Crippen LogP contribution in [-0.4, -0.2) is 17.1 Å². The van der Waals surface area contributed by atoms with Crippen molar-refractivity contribution >= 4 is 40.2 Å². The van der Waals surface area contributed by atoms with E-state index in [4.69, 9.17) is 34.3 Å². The number of benzene rings is 1. The molecule has 1 heterocycles. The Labute approximate surface area is 121 Å². The zero-order valence-electron chi connectivity index (χ0n) is 10.2. The number of aromatic nitrogens is 1. The lowest BCUT2D eigenvalue weighted by atomic mass is 10.2. The van der Waals surface area contributed by atoms with Gasteiger partial charge in [0, 0.05) is 11.6 Å². The van der Waals surface area contributed by atoms with E-state index in [9.17, 15) is 0 Å². The monoisotopic (exact) mass is 293 g/mol. The van der Waals surface area contributed by atoms with Crippen molar-refractivity contribution in [2.75, 3.05) is 12.4 Å². The number of hydrogen-bond acceptors (Lipinski definition) is 4. The van der Waals surface area contributed by atoms with E-state index in [1.54, 1.807) is 25.4 Å². The van der Waals surface area contributed by atoms with E-state index < -0.39 is 0 Å². The molecule has 2 aromatic rings. The molecule has 0 aliphatic heterocycles. The van der Waals surface area contributed by atoms with Gasteiger partial charge in [-0.05, 0) is 24.3 Å². The van der Waals surface area contributed by atoms with Crippen LogP contribution in [-0.2, 0) is 0 Å². The molecule has 0 atom stereocenters. The molecule has 19 heavy (non-hydrogen) atoms. The van der Waals surface area contributed by atoms with Crippen LogP contribution in [0, 0.1) is 0 Å². The fourth-order valence-electron chi connectivity index (χ4n) is 1.50. The van der Waals surface area contributed by atoms with Gasteiger partial charge >= 0.3 is 0 Å². The molecule has 0 bridgehead atoms. The first-order valence-electron chi connectivity index (χ1n) is 5.46. The van der Waals surface area contributed by atoms with E-state index in [2.05, 4.69) is 10.3 Å². The summed E-state index contributed by atoms with van der Waals surface area (Å²) >= 11 is 11.1. The summed E-state index contributed by atoms with van der Waals surface area (Å²) in [6.45, 7) is 0. The highest BCUT2D eigenvalue weighted by Gasteiger charge is 2.04. The number of rotatable bonds is 4. The topological polar surface area (TPSA) is 60.2 Å². The average molecular weight is 294 g/mol. The Kier molecular flexibility index (Phi) is 4.19. The number of nitrogens with one attached hydrogen (secondary N) is 1. The van der Waals surface area contributed by atoms with Crippen molar-refractivity contribution in [3.63, 3.8) is 0 Å². The average Bonchev–Trinajstić information content (AvgIpc) is 2.41. The fourth-order valence-corrected chi connectivity index (χ4v) is 1.85. The van der Waals surface area contributed by atoms with E-state index >= 15 is 0 Å². The zero-order valence-corrected chi connectivity index (χ0v) is 11.8. The third-order valence-corrected chi connectivity index (χ3v) is 3.03. The summed E-state index contributed by atoms with van der Waals surface area (Å²) in [6.07, 6.45) is 1.66. The second kappa shape index (κ2) is 5.86. The van der Waals surface area contributed by atoms with Gasteiger partial charge in [0.25, 0.3) is 0 Å². The number of ether oxygens (including phenoxy) is 1. The Morgan fingerprint density at radius 3 is 2.68 bits per heavy atom. The highest BCUT2D eigenvalue weighted by Crippen LogP contribution is 2.26. The molecule has 4 nitrogen and oxygen atoms in total. The Morgan fingerprint density at radius 1 is 1.37 bits per heavy atom. The molecule has 0 amide bonds. The maximum atomic E-state index is 6.16. The van der Waals surface area contributed by atoms with E-state index in [1.165, 1.54) is 0 Å². The van der Waals surface area contributed by atoms with Crippen molar-refractivity contribution in [1.82, 2.24) is 4.98 Å².